The smallest absolute Gasteiger partial charge is 0.134 e. The Morgan fingerprint density at radius 2 is 1.83 bits per heavy atom. The van der Waals surface area contributed by atoms with Gasteiger partial charge in [0.25, 0.3) is 0 Å². The van der Waals surface area contributed by atoms with Crippen LogP contribution < -0.4 is 5.32 Å². The summed E-state index contributed by atoms with van der Waals surface area (Å²) in [5, 5.41) is 13.0. The maximum atomic E-state index is 9.34. The minimum atomic E-state index is 0.105. The highest BCUT2D eigenvalue weighted by Gasteiger charge is 2.00. The van der Waals surface area contributed by atoms with E-state index in [9.17, 15) is 5.11 Å². The molecule has 0 heterocycles. The van der Waals surface area contributed by atoms with E-state index in [1.807, 2.05) is 6.07 Å². The molecule has 0 spiro atoms. The number of benzene rings is 2. The Morgan fingerprint density at radius 1 is 1.06 bits per heavy atom. The van der Waals surface area contributed by atoms with Crippen LogP contribution in [0.2, 0.25) is 5.02 Å². The van der Waals surface area contributed by atoms with Gasteiger partial charge in [0.15, 0.2) is 0 Å². The van der Waals surface area contributed by atoms with Crippen LogP contribution in [0.5, 0.6) is 5.75 Å². The van der Waals surface area contributed by atoms with Crippen LogP contribution >= 0.6 is 11.6 Å². The fourth-order valence-corrected chi connectivity index (χ4v) is 1.92. The maximum Gasteiger partial charge on any atom is 0.134 e. The number of anilines is 1. The van der Waals surface area contributed by atoms with E-state index in [0.29, 0.717) is 5.02 Å². The molecule has 0 unspecified atom stereocenters. The predicted molar refractivity (Wildman–Crippen MR) is 76.4 cm³/mol. The summed E-state index contributed by atoms with van der Waals surface area (Å²) in [5.74, 6) is 0.105. The molecular weight excluding hydrogens is 246 g/mol. The van der Waals surface area contributed by atoms with E-state index < -0.39 is 0 Å². The lowest BCUT2D eigenvalue weighted by Crippen LogP contribution is -1.99. The maximum absolute atomic E-state index is 9.34. The molecule has 2 N–H and O–H groups in total. The lowest BCUT2D eigenvalue weighted by molar-refractivity contribution is 0.475. The Labute approximate surface area is 112 Å². The molecule has 0 aliphatic rings. The molecule has 18 heavy (non-hydrogen) atoms. The minimum Gasteiger partial charge on any atom is -0.506 e. The first-order valence-electron chi connectivity index (χ1n) is 5.85. The third kappa shape index (κ3) is 2.96. The largest absolute Gasteiger partial charge is 0.506 e. The first-order valence-corrected chi connectivity index (χ1v) is 6.22. The van der Waals surface area contributed by atoms with Gasteiger partial charge >= 0.3 is 0 Å². The van der Waals surface area contributed by atoms with E-state index in [1.54, 1.807) is 12.1 Å². The van der Waals surface area contributed by atoms with Gasteiger partial charge < -0.3 is 10.4 Å². The number of rotatable bonds is 3. The van der Waals surface area contributed by atoms with Gasteiger partial charge in [-0.25, -0.2) is 0 Å². The highest BCUT2D eigenvalue weighted by molar-refractivity contribution is 6.32. The van der Waals surface area contributed by atoms with Gasteiger partial charge in [0.05, 0.1) is 5.02 Å². The molecular formula is C15H16ClNO. The van der Waals surface area contributed by atoms with Crippen LogP contribution in [0.1, 0.15) is 16.7 Å². The van der Waals surface area contributed by atoms with Gasteiger partial charge in [0.1, 0.15) is 5.75 Å². The molecule has 3 heteroatoms. The Hall–Kier alpha value is -1.67. The molecule has 2 aromatic carbocycles. The number of phenols is 1. The molecule has 2 nitrogen and oxygen atoms in total. The zero-order valence-electron chi connectivity index (χ0n) is 10.5. The normalized spacial score (nSPS) is 10.4. The third-order valence-corrected chi connectivity index (χ3v) is 3.32. The first-order chi connectivity index (χ1) is 8.56. The van der Waals surface area contributed by atoms with Crippen molar-refractivity contribution in [3.8, 4) is 5.75 Å². The molecule has 0 fully saturated rings. The fraction of sp³-hybridized carbons (Fsp3) is 0.200. The van der Waals surface area contributed by atoms with Crippen molar-refractivity contribution in [2.75, 3.05) is 5.32 Å². The number of hydrogen-bond acceptors (Lipinski definition) is 2. The number of aryl methyl sites for hydroxylation is 2. The molecule has 0 bridgehead atoms. The second kappa shape index (κ2) is 5.32. The summed E-state index contributed by atoms with van der Waals surface area (Å²) in [6.07, 6.45) is 0. The van der Waals surface area contributed by atoms with Crippen molar-refractivity contribution in [1.82, 2.24) is 0 Å². The lowest BCUT2D eigenvalue weighted by Gasteiger charge is -2.09. The molecule has 2 aromatic rings. The first kappa shape index (κ1) is 12.8. The molecule has 0 atom stereocenters. The van der Waals surface area contributed by atoms with Crippen LogP contribution in [0.25, 0.3) is 0 Å². The van der Waals surface area contributed by atoms with Crippen LogP contribution in [-0.2, 0) is 6.54 Å². The van der Waals surface area contributed by atoms with Gasteiger partial charge in [0.2, 0.25) is 0 Å². The van der Waals surface area contributed by atoms with Crippen molar-refractivity contribution in [3.63, 3.8) is 0 Å². The molecule has 0 amide bonds. The van der Waals surface area contributed by atoms with Crippen LogP contribution in [0.15, 0.2) is 36.4 Å². The summed E-state index contributed by atoms with van der Waals surface area (Å²) in [4.78, 5) is 0. The monoisotopic (exact) mass is 261 g/mol. The van der Waals surface area contributed by atoms with Gasteiger partial charge in [-0.3, -0.25) is 0 Å². The summed E-state index contributed by atoms with van der Waals surface area (Å²) < 4.78 is 0. The summed E-state index contributed by atoms with van der Waals surface area (Å²) in [7, 11) is 0. The van der Waals surface area contributed by atoms with Crippen molar-refractivity contribution in [2.24, 2.45) is 0 Å². The number of phenolic OH excluding ortho intramolecular Hbond substituents is 1. The zero-order chi connectivity index (χ0) is 13.1. The van der Waals surface area contributed by atoms with Crippen molar-refractivity contribution in [2.45, 2.75) is 20.4 Å². The quantitative estimate of drug-likeness (QED) is 0.809. The molecule has 2 rings (SSSR count). The van der Waals surface area contributed by atoms with E-state index in [4.69, 9.17) is 11.6 Å². The fourth-order valence-electron chi connectivity index (χ4n) is 1.73. The summed E-state index contributed by atoms with van der Waals surface area (Å²) in [6, 6.07) is 11.5. The van der Waals surface area contributed by atoms with E-state index in [2.05, 4.69) is 37.4 Å². The molecule has 0 aliphatic carbocycles. The minimum absolute atomic E-state index is 0.105. The van der Waals surface area contributed by atoms with Crippen molar-refractivity contribution in [3.05, 3.63) is 58.1 Å². The highest BCUT2D eigenvalue weighted by atomic mass is 35.5. The van der Waals surface area contributed by atoms with E-state index >= 15 is 0 Å². The van der Waals surface area contributed by atoms with E-state index in [0.717, 1.165) is 12.2 Å². The highest BCUT2D eigenvalue weighted by Crippen LogP contribution is 2.26. The van der Waals surface area contributed by atoms with E-state index in [1.165, 1.54) is 16.7 Å². The van der Waals surface area contributed by atoms with Crippen LogP contribution in [0.3, 0.4) is 0 Å². The van der Waals surface area contributed by atoms with Crippen molar-refractivity contribution >= 4 is 17.3 Å². The molecule has 0 radical (unpaired) electrons. The summed E-state index contributed by atoms with van der Waals surface area (Å²) >= 11 is 5.85. The average molecular weight is 262 g/mol. The number of nitrogens with one attached hydrogen (secondary N) is 1. The van der Waals surface area contributed by atoms with Gasteiger partial charge in [-0.2, -0.15) is 0 Å². The Balaban J connectivity index is 2.06. The molecule has 0 aromatic heterocycles. The second-order valence-corrected chi connectivity index (χ2v) is 4.85. The molecule has 0 aliphatic heterocycles. The SMILES string of the molecule is Cc1ccc(CNc2ccc(O)c(Cl)c2)cc1C. The second-order valence-electron chi connectivity index (χ2n) is 4.44. The topological polar surface area (TPSA) is 32.3 Å². The van der Waals surface area contributed by atoms with Gasteiger partial charge in [-0.1, -0.05) is 29.8 Å². The average Bonchev–Trinajstić information content (AvgIpc) is 2.35. The summed E-state index contributed by atoms with van der Waals surface area (Å²) in [6.45, 7) is 4.95. The van der Waals surface area contributed by atoms with E-state index in [-0.39, 0.29) is 5.75 Å². The number of aromatic hydroxyl groups is 1. The summed E-state index contributed by atoms with van der Waals surface area (Å²) in [5.41, 5.74) is 4.71. The van der Waals surface area contributed by atoms with Crippen molar-refractivity contribution in [1.29, 1.82) is 0 Å². The standard InChI is InChI=1S/C15H16ClNO/c1-10-3-4-12(7-11(10)2)9-17-13-5-6-15(18)14(16)8-13/h3-8,17-18H,9H2,1-2H3. The van der Waals surface area contributed by atoms with Crippen LogP contribution in [0.4, 0.5) is 5.69 Å². The van der Waals surface area contributed by atoms with Crippen LogP contribution in [0, 0.1) is 13.8 Å². The Kier molecular flexibility index (Phi) is 3.78. The Bertz CT molecular complexity index is 515. The number of hydrogen-bond donors (Lipinski definition) is 2. The predicted octanol–water partition coefficient (Wildman–Crippen LogP) is 4.27. The van der Waals surface area contributed by atoms with Gasteiger partial charge in [-0.15, -0.1) is 0 Å². The number of halogens is 1. The van der Waals surface area contributed by atoms with Crippen LogP contribution in [-0.4, -0.2) is 5.11 Å². The third-order valence-electron chi connectivity index (χ3n) is 3.02. The van der Waals surface area contributed by atoms with Gasteiger partial charge in [-0.05, 0) is 48.7 Å². The lowest BCUT2D eigenvalue weighted by atomic mass is 10.1. The molecule has 0 saturated carbocycles. The molecule has 94 valence electrons. The molecule has 0 saturated heterocycles. The van der Waals surface area contributed by atoms with Gasteiger partial charge in [0, 0.05) is 12.2 Å². The van der Waals surface area contributed by atoms with Crippen molar-refractivity contribution < 1.29 is 5.11 Å². The Morgan fingerprint density at radius 3 is 2.50 bits per heavy atom. The zero-order valence-corrected chi connectivity index (χ0v) is 11.3.